The number of aromatic nitrogens is 2. The molecule has 4 rings (SSSR count). The van der Waals surface area contributed by atoms with Crippen LogP contribution in [0.4, 0.5) is 27.7 Å². The van der Waals surface area contributed by atoms with Crippen LogP contribution in [0.25, 0.3) is 11.1 Å². The maximum Gasteiger partial charge on any atom is 0.409 e. The van der Waals surface area contributed by atoms with Gasteiger partial charge in [0, 0.05) is 42.7 Å². The molecule has 0 aliphatic heterocycles. The standard InChI is InChI=1S/C27H24N6O4/c1-33(2)26(35)18-8-6-17(7-9-18)20-10-11-24(29-14-20)30-22-13-23(16-28-15-22)31-25(34)19-4-3-5-21(12-19)32-27(36)37/h3-16,32H,1-2H3,(H,29,30)(H,31,34)(H,36,37). The highest BCUT2D eigenvalue weighted by Gasteiger charge is 2.10. The molecule has 0 spiro atoms. The van der Waals surface area contributed by atoms with Crippen molar-refractivity contribution in [2.75, 3.05) is 30.0 Å². The number of nitrogens with one attached hydrogen (secondary N) is 3. The molecule has 0 saturated carbocycles. The van der Waals surface area contributed by atoms with E-state index in [1.54, 1.807) is 62.9 Å². The second kappa shape index (κ2) is 11.0. The number of rotatable bonds is 7. The zero-order valence-corrected chi connectivity index (χ0v) is 20.1. The van der Waals surface area contributed by atoms with E-state index in [1.165, 1.54) is 17.2 Å². The summed E-state index contributed by atoms with van der Waals surface area (Å²) in [6.45, 7) is 0. The van der Waals surface area contributed by atoms with Gasteiger partial charge in [0.1, 0.15) is 5.82 Å². The van der Waals surface area contributed by atoms with Crippen molar-refractivity contribution in [2.45, 2.75) is 0 Å². The fourth-order valence-corrected chi connectivity index (χ4v) is 3.49. The molecule has 0 bridgehead atoms. The number of benzene rings is 2. The second-order valence-electron chi connectivity index (χ2n) is 8.26. The molecule has 0 radical (unpaired) electrons. The Balaban J connectivity index is 1.41. The highest BCUT2D eigenvalue weighted by Crippen LogP contribution is 2.23. The summed E-state index contributed by atoms with van der Waals surface area (Å²) in [5.41, 5.74) is 4.10. The van der Waals surface area contributed by atoms with Crippen molar-refractivity contribution in [3.05, 3.63) is 96.4 Å². The SMILES string of the molecule is CN(C)C(=O)c1ccc(-c2ccc(Nc3cncc(NC(=O)c4cccc(NC(=O)O)c4)c3)nc2)cc1. The maximum atomic E-state index is 12.6. The summed E-state index contributed by atoms with van der Waals surface area (Å²) >= 11 is 0. The van der Waals surface area contributed by atoms with E-state index in [4.69, 9.17) is 5.11 Å². The average Bonchev–Trinajstić information content (AvgIpc) is 2.89. The lowest BCUT2D eigenvalue weighted by molar-refractivity contribution is 0.0827. The molecular formula is C27H24N6O4. The van der Waals surface area contributed by atoms with Gasteiger partial charge in [0.2, 0.25) is 0 Å². The third-order valence-corrected chi connectivity index (χ3v) is 5.28. The van der Waals surface area contributed by atoms with E-state index in [0.717, 1.165) is 11.1 Å². The van der Waals surface area contributed by atoms with Crippen LogP contribution in [0.15, 0.2) is 85.3 Å². The van der Waals surface area contributed by atoms with E-state index in [2.05, 4.69) is 25.9 Å². The van der Waals surface area contributed by atoms with Crippen LogP contribution in [-0.4, -0.2) is 52.0 Å². The number of carbonyl (C=O) groups is 3. The zero-order valence-electron chi connectivity index (χ0n) is 20.1. The molecule has 10 heteroatoms. The predicted octanol–water partition coefficient (Wildman–Crippen LogP) is 4.93. The topological polar surface area (TPSA) is 137 Å². The molecule has 0 aliphatic carbocycles. The van der Waals surface area contributed by atoms with Crippen LogP contribution in [0, 0.1) is 0 Å². The van der Waals surface area contributed by atoms with E-state index in [1.807, 2.05) is 24.3 Å². The van der Waals surface area contributed by atoms with Crippen LogP contribution in [-0.2, 0) is 0 Å². The predicted molar refractivity (Wildman–Crippen MR) is 141 cm³/mol. The molecule has 10 nitrogen and oxygen atoms in total. The fraction of sp³-hybridized carbons (Fsp3) is 0.0741. The van der Waals surface area contributed by atoms with E-state index in [9.17, 15) is 14.4 Å². The number of anilines is 4. The van der Waals surface area contributed by atoms with E-state index < -0.39 is 12.0 Å². The van der Waals surface area contributed by atoms with Crippen molar-refractivity contribution in [2.24, 2.45) is 0 Å². The molecule has 0 atom stereocenters. The minimum Gasteiger partial charge on any atom is -0.465 e. The van der Waals surface area contributed by atoms with Crippen molar-refractivity contribution in [1.82, 2.24) is 14.9 Å². The highest BCUT2D eigenvalue weighted by molar-refractivity contribution is 6.05. The van der Waals surface area contributed by atoms with Crippen molar-refractivity contribution in [3.8, 4) is 11.1 Å². The van der Waals surface area contributed by atoms with Gasteiger partial charge in [-0.15, -0.1) is 0 Å². The van der Waals surface area contributed by atoms with Gasteiger partial charge in [-0.05, 0) is 54.1 Å². The van der Waals surface area contributed by atoms with Crippen LogP contribution >= 0.6 is 0 Å². The third-order valence-electron chi connectivity index (χ3n) is 5.28. The summed E-state index contributed by atoms with van der Waals surface area (Å²) in [7, 11) is 3.43. The molecule has 37 heavy (non-hydrogen) atoms. The number of hydrogen-bond donors (Lipinski definition) is 4. The van der Waals surface area contributed by atoms with Crippen LogP contribution in [0.3, 0.4) is 0 Å². The summed E-state index contributed by atoms with van der Waals surface area (Å²) in [5.74, 6) is 0.120. The molecule has 2 aromatic carbocycles. The molecule has 0 unspecified atom stereocenters. The van der Waals surface area contributed by atoms with E-state index >= 15 is 0 Å². The summed E-state index contributed by atoms with van der Waals surface area (Å²) in [6.07, 6.45) is 3.62. The maximum absolute atomic E-state index is 12.6. The van der Waals surface area contributed by atoms with E-state index in [0.29, 0.717) is 34.0 Å². The largest absolute Gasteiger partial charge is 0.465 e. The number of amides is 3. The first-order chi connectivity index (χ1) is 17.8. The minimum absolute atomic E-state index is 0.0556. The second-order valence-corrected chi connectivity index (χ2v) is 8.26. The molecule has 0 saturated heterocycles. The molecule has 4 aromatic rings. The van der Waals surface area contributed by atoms with E-state index in [-0.39, 0.29) is 5.91 Å². The molecule has 2 aromatic heterocycles. The number of carbonyl (C=O) groups excluding carboxylic acids is 2. The van der Waals surface area contributed by atoms with Gasteiger partial charge in [0.05, 0.1) is 23.8 Å². The molecule has 2 heterocycles. The summed E-state index contributed by atoms with van der Waals surface area (Å²) < 4.78 is 0. The molecule has 186 valence electrons. The average molecular weight is 497 g/mol. The van der Waals surface area contributed by atoms with Gasteiger partial charge in [0.15, 0.2) is 0 Å². The lowest BCUT2D eigenvalue weighted by atomic mass is 10.1. The molecule has 3 amide bonds. The summed E-state index contributed by atoms with van der Waals surface area (Å²) in [5, 5.41) is 17.0. The highest BCUT2D eigenvalue weighted by atomic mass is 16.4. The first kappa shape index (κ1) is 24.9. The van der Waals surface area contributed by atoms with Gasteiger partial charge in [0.25, 0.3) is 11.8 Å². The van der Waals surface area contributed by atoms with Crippen LogP contribution < -0.4 is 16.0 Å². The third kappa shape index (κ3) is 6.45. The monoisotopic (exact) mass is 496 g/mol. The van der Waals surface area contributed by atoms with Crippen LogP contribution in [0.1, 0.15) is 20.7 Å². The Morgan fingerprint density at radius 2 is 1.49 bits per heavy atom. The first-order valence-electron chi connectivity index (χ1n) is 11.2. The number of carboxylic acid groups (broad SMARTS) is 1. The van der Waals surface area contributed by atoms with Crippen molar-refractivity contribution < 1.29 is 19.5 Å². The fourth-order valence-electron chi connectivity index (χ4n) is 3.49. The molecule has 0 aliphatic rings. The van der Waals surface area contributed by atoms with Gasteiger partial charge in [-0.2, -0.15) is 0 Å². The molecule has 4 N–H and O–H groups in total. The van der Waals surface area contributed by atoms with Crippen LogP contribution in [0.2, 0.25) is 0 Å². The lowest BCUT2D eigenvalue weighted by Gasteiger charge is -2.11. The summed E-state index contributed by atoms with van der Waals surface area (Å²) in [6, 6.07) is 18.9. The van der Waals surface area contributed by atoms with Crippen molar-refractivity contribution in [1.29, 1.82) is 0 Å². The number of nitrogens with zero attached hydrogens (tertiary/aromatic N) is 3. The van der Waals surface area contributed by atoms with Crippen molar-refractivity contribution in [3.63, 3.8) is 0 Å². The Morgan fingerprint density at radius 3 is 2.16 bits per heavy atom. The Bertz CT molecular complexity index is 1440. The van der Waals surface area contributed by atoms with Gasteiger partial charge in [-0.25, -0.2) is 9.78 Å². The quantitative estimate of drug-likeness (QED) is 0.285. The first-order valence-corrected chi connectivity index (χ1v) is 11.2. The number of pyridine rings is 2. The van der Waals surface area contributed by atoms with Gasteiger partial charge in [-0.1, -0.05) is 18.2 Å². The van der Waals surface area contributed by atoms with Crippen molar-refractivity contribution >= 4 is 40.8 Å². The van der Waals surface area contributed by atoms with Gasteiger partial charge in [-0.3, -0.25) is 19.9 Å². The van der Waals surface area contributed by atoms with Crippen LogP contribution in [0.5, 0.6) is 0 Å². The van der Waals surface area contributed by atoms with Gasteiger partial charge < -0.3 is 20.6 Å². The smallest absolute Gasteiger partial charge is 0.409 e. The molecular weight excluding hydrogens is 472 g/mol. The normalized spacial score (nSPS) is 10.3. The minimum atomic E-state index is -1.21. The Kier molecular flexibility index (Phi) is 7.39. The lowest BCUT2D eigenvalue weighted by Crippen LogP contribution is -2.21. The summed E-state index contributed by atoms with van der Waals surface area (Å²) in [4.78, 5) is 45.7. The Hall–Kier alpha value is -5.25. The van der Waals surface area contributed by atoms with Gasteiger partial charge >= 0.3 is 6.09 Å². The number of hydrogen-bond acceptors (Lipinski definition) is 6. The Morgan fingerprint density at radius 1 is 0.757 bits per heavy atom. The zero-order chi connectivity index (χ0) is 26.4. The molecule has 0 fully saturated rings. The Labute approximate surface area is 213 Å².